The smallest absolute Gasteiger partial charge is 0.254 e. The van der Waals surface area contributed by atoms with E-state index < -0.39 is 11.8 Å². The lowest BCUT2D eigenvalue weighted by atomic mass is 9.55. The first-order chi connectivity index (χ1) is 18.0. The van der Waals surface area contributed by atoms with Crippen LogP contribution in [0, 0.1) is 31.5 Å². The second kappa shape index (κ2) is 7.84. The van der Waals surface area contributed by atoms with E-state index in [1.165, 1.54) is 12.1 Å². The number of rotatable bonds is 3. The van der Waals surface area contributed by atoms with E-state index in [4.69, 9.17) is 0 Å². The minimum Gasteiger partial charge on any atom is -0.318 e. The number of halogens is 1. The Bertz CT molecular complexity index is 1520. The average molecular weight is 490 g/mol. The number of benzene rings is 3. The zero-order chi connectivity index (χ0) is 25.4. The van der Waals surface area contributed by atoms with Crippen molar-refractivity contribution in [2.75, 3.05) is 0 Å². The number of aromatic nitrogens is 1. The lowest BCUT2D eigenvalue weighted by Gasteiger charge is -2.45. The molecule has 3 aliphatic carbocycles. The van der Waals surface area contributed by atoms with Gasteiger partial charge in [0.2, 0.25) is 0 Å². The summed E-state index contributed by atoms with van der Waals surface area (Å²) >= 11 is 0. The largest absolute Gasteiger partial charge is 0.318 e. The molecule has 4 aromatic rings. The van der Waals surface area contributed by atoms with Gasteiger partial charge in [-0.15, -0.1) is 0 Å². The van der Waals surface area contributed by atoms with Crippen molar-refractivity contribution < 1.29 is 14.0 Å². The van der Waals surface area contributed by atoms with Gasteiger partial charge in [-0.3, -0.25) is 9.59 Å². The van der Waals surface area contributed by atoms with E-state index in [2.05, 4.69) is 29.4 Å². The normalized spacial score (nSPS) is 23.5. The predicted octanol–water partition coefficient (Wildman–Crippen LogP) is 5.46. The number of amides is 2. The Morgan fingerprint density at radius 3 is 1.73 bits per heavy atom. The van der Waals surface area contributed by atoms with Gasteiger partial charge in [0.15, 0.2) is 0 Å². The number of hydrazone groups is 1. The van der Waals surface area contributed by atoms with Crippen molar-refractivity contribution in [2.24, 2.45) is 16.9 Å². The number of carbonyl (C=O) groups excluding carboxylic acids is 2. The molecule has 182 valence electrons. The summed E-state index contributed by atoms with van der Waals surface area (Å²) in [4.78, 5) is 27.5. The number of aryl methyl sites for hydroxylation is 1. The standard InChI is InChI=1S/C31H24FN3O2/c1-17-15-19(18(2)34(17)21-13-11-20(32)12-14-21)16-33-35-30(36)28-26-22-7-3-4-8-23(22)27(29(28)31(35)37)25-10-6-5-9-24(25)26/h3-16,26-29H,1-2H3/b33-16-/t26?,27?,28-,29-/m0/s1. The van der Waals surface area contributed by atoms with E-state index in [9.17, 15) is 14.0 Å². The lowest BCUT2D eigenvalue weighted by Crippen LogP contribution is -2.41. The van der Waals surface area contributed by atoms with Crippen molar-refractivity contribution in [1.29, 1.82) is 0 Å². The Morgan fingerprint density at radius 1 is 0.757 bits per heavy atom. The molecule has 0 spiro atoms. The summed E-state index contributed by atoms with van der Waals surface area (Å²) in [6.45, 7) is 3.90. The molecule has 0 N–H and O–H groups in total. The highest BCUT2D eigenvalue weighted by Gasteiger charge is 2.61. The van der Waals surface area contributed by atoms with Gasteiger partial charge in [0.1, 0.15) is 5.82 Å². The highest BCUT2D eigenvalue weighted by Crippen LogP contribution is 2.60. The van der Waals surface area contributed by atoms with Gasteiger partial charge in [-0.25, -0.2) is 4.39 Å². The van der Waals surface area contributed by atoms with E-state index in [1.54, 1.807) is 18.3 Å². The monoisotopic (exact) mass is 489 g/mol. The summed E-state index contributed by atoms with van der Waals surface area (Å²) in [6, 6.07) is 24.6. The molecular weight excluding hydrogens is 465 g/mol. The van der Waals surface area contributed by atoms with Crippen LogP contribution in [-0.4, -0.2) is 27.6 Å². The van der Waals surface area contributed by atoms with Gasteiger partial charge in [0.25, 0.3) is 11.8 Å². The Kier molecular flexibility index (Phi) is 4.64. The molecule has 3 aromatic carbocycles. The SMILES string of the molecule is Cc1cc(/C=N\N2C(=O)[C@H]3C4c5ccccc5C(c5ccccc54)[C@@H]3C2=O)c(C)n1-c1ccc(F)cc1. The van der Waals surface area contributed by atoms with Gasteiger partial charge in [-0.2, -0.15) is 10.1 Å². The van der Waals surface area contributed by atoms with Gasteiger partial charge in [-0.1, -0.05) is 48.5 Å². The molecular formula is C31H24FN3O2. The quantitative estimate of drug-likeness (QED) is 0.284. The van der Waals surface area contributed by atoms with Crippen LogP contribution < -0.4 is 0 Å². The fourth-order valence-corrected chi connectivity index (χ4v) is 6.80. The average Bonchev–Trinajstić information content (AvgIpc) is 3.34. The second-order valence-electron chi connectivity index (χ2n) is 10.1. The van der Waals surface area contributed by atoms with Gasteiger partial charge in [0.05, 0.1) is 18.1 Å². The lowest BCUT2D eigenvalue weighted by molar-refractivity contribution is -0.139. The fraction of sp³-hybridized carbons (Fsp3) is 0.194. The number of hydrogen-bond donors (Lipinski definition) is 0. The van der Waals surface area contributed by atoms with Gasteiger partial charge in [-0.05, 0) is 66.4 Å². The first kappa shape index (κ1) is 21.9. The summed E-state index contributed by atoms with van der Waals surface area (Å²) in [5.74, 6) is -1.98. The maximum Gasteiger partial charge on any atom is 0.254 e. The summed E-state index contributed by atoms with van der Waals surface area (Å²) < 4.78 is 15.4. The first-order valence-corrected chi connectivity index (χ1v) is 12.5. The molecule has 8 rings (SSSR count). The Balaban J connectivity index is 1.26. The van der Waals surface area contributed by atoms with Crippen LogP contribution in [0.2, 0.25) is 0 Å². The molecule has 1 aliphatic heterocycles. The molecule has 0 radical (unpaired) electrons. The molecule has 0 saturated carbocycles. The van der Waals surface area contributed by atoms with Crippen molar-refractivity contribution in [1.82, 2.24) is 9.58 Å². The molecule has 2 atom stereocenters. The number of hydrogen-bond acceptors (Lipinski definition) is 3. The predicted molar refractivity (Wildman–Crippen MR) is 138 cm³/mol. The molecule has 0 unspecified atom stereocenters. The molecule has 4 aliphatic rings. The molecule has 2 amide bonds. The van der Waals surface area contributed by atoms with Crippen LogP contribution in [0.1, 0.15) is 51.0 Å². The highest BCUT2D eigenvalue weighted by molar-refractivity contribution is 6.08. The number of carbonyl (C=O) groups is 2. The third-order valence-corrected chi connectivity index (χ3v) is 8.29. The van der Waals surface area contributed by atoms with Crippen LogP contribution in [-0.2, 0) is 9.59 Å². The van der Waals surface area contributed by atoms with Gasteiger partial charge >= 0.3 is 0 Å². The molecule has 37 heavy (non-hydrogen) atoms. The molecule has 2 heterocycles. The molecule has 1 fully saturated rings. The highest BCUT2D eigenvalue weighted by atomic mass is 19.1. The second-order valence-corrected chi connectivity index (χ2v) is 10.1. The molecule has 5 nitrogen and oxygen atoms in total. The molecule has 2 bridgehead atoms. The van der Waals surface area contributed by atoms with Crippen molar-refractivity contribution in [3.8, 4) is 5.69 Å². The van der Waals surface area contributed by atoms with E-state index in [0.717, 1.165) is 49.9 Å². The van der Waals surface area contributed by atoms with Crippen LogP contribution in [0.25, 0.3) is 5.69 Å². The van der Waals surface area contributed by atoms with Gasteiger partial charge < -0.3 is 4.57 Å². The van der Waals surface area contributed by atoms with Crippen LogP contribution in [0.3, 0.4) is 0 Å². The van der Waals surface area contributed by atoms with Crippen LogP contribution in [0.5, 0.6) is 0 Å². The molecule has 1 saturated heterocycles. The van der Waals surface area contributed by atoms with Crippen LogP contribution in [0.15, 0.2) is 84.0 Å². The fourth-order valence-electron chi connectivity index (χ4n) is 6.80. The number of imide groups is 1. The summed E-state index contributed by atoms with van der Waals surface area (Å²) in [7, 11) is 0. The molecule has 6 heteroatoms. The van der Waals surface area contributed by atoms with Crippen molar-refractivity contribution in [2.45, 2.75) is 25.7 Å². The van der Waals surface area contributed by atoms with E-state index >= 15 is 0 Å². The Hall–Kier alpha value is -4.32. The Morgan fingerprint density at radius 2 is 1.24 bits per heavy atom. The zero-order valence-electron chi connectivity index (χ0n) is 20.4. The Labute approximate surface area is 213 Å². The number of nitrogens with zero attached hydrogens (tertiary/aromatic N) is 3. The minimum absolute atomic E-state index is 0.150. The minimum atomic E-state index is -0.453. The van der Waals surface area contributed by atoms with Crippen LogP contribution >= 0.6 is 0 Å². The molecule has 1 aromatic heterocycles. The zero-order valence-corrected chi connectivity index (χ0v) is 20.4. The summed E-state index contributed by atoms with van der Waals surface area (Å²) in [5.41, 5.74) is 8.04. The summed E-state index contributed by atoms with van der Waals surface area (Å²) in [6.07, 6.45) is 1.59. The summed E-state index contributed by atoms with van der Waals surface area (Å²) in [5, 5.41) is 5.56. The van der Waals surface area contributed by atoms with E-state index in [-0.39, 0.29) is 29.5 Å². The maximum atomic E-state index is 13.7. The third kappa shape index (κ3) is 2.99. The third-order valence-electron chi connectivity index (χ3n) is 8.29. The van der Waals surface area contributed by atoms with Crippen LogP contribution in [0.4, 0.5) is 4.39 Å². The van der Waals surface area contributed by atoms with Crippen molar-refractivity contribution in [3.05, 3.63) is 124 Å². The van der Waals surface area contributed by atoms with E-state index in [0.29, 0.717) is 0 Å². The van der Waals surface area contributed by atoms with Crippen molar-refractivity contribution >= 4 is 18.0 Å². The first-order valence-electron chi connectivity index (χ1n) is 12.5. The maximum absolute atomic E-state index is 13.7. The topological polar surface area (TPSA) is 54.7 Å². The van der Waals surface area contributed by atoms with Crippen molar-refractivity contribution in [3.63, 3.8) is 0 Å². The van der Waals surface area contributed by atoms with E-state index in [1.807, 2.05) is 48.7 Å². The van der Waals surface area contributed by atoms with Gasteiger partial charge in [0, 0.05) is 34.5 Å².